The molecule has 0 bridgehead atoms. The Labute approximate surface area is 155 Å². The molecule has 2 fully saturated rings. The van der Waals surface area contributed by atoms with E-state index < -0.39 is 10.0 Å². The molecule has 3 rings (SSSR count). The second kappa shape index (κ2) is 8.37. The molecular weight excluding hydrogens is 354 g/mol. The summed E-state index contributed by atoms with van der Waals surface area (Å²) in [5.41, 5.74) is 0.483. The van der Waals surface area contributed by atoms with Crippen molar-refractivity contribution in [2.45, 2.75) is 37.0 Å². The fourth-order valence-electron chi connectivity index (χ4n) is 3.52. The molecule has 0 saturated carbocycles. The normalized spacial score (nSPS) is 22.0. The Kier molecular flexibility index (Phi) is 6.16. The number of carbonyl (C=O) groups is 1. The van der Waals surface area contributed by atoms with Gasteiger partial charge in [0.1, 0.15) is 10.6 Å². The number of benzene rings is 1. The van der Waals surface area contributed by atoms with Crippen molar-refractivity contribution in [1.29, 1.82) is 0 Å². The lowest BCUT2D eigenvalue weighted by molar-refractivity contribution is -0.120. The molecule has 0 aliphatic carbocycles. The number of hydrogen-bond acceptors (Lipinski definition) is 5. The number of ether oxygens (including phenoxy) is 1. The summed E-state index contributed by atoms with van der Waals surface area (Å²) >= 11 is 0. The van der Waals surface area contributed by atoms with Gasteiger partial charge in [-0.05, 0) is 50.4 Å². The van der Waals surface area contributed by atoms with E-state index in [-0.39, 0.29) is 16.7 Å². The first-order chi connectivity index (χ1) is 12.5. The molecule has 1 unspecified atom stereocenters. The van der Waals surface area contributed by atoms with Gasteiger partial charge in [0.2, 0.25) is 15.9 Å². The molecule has 2 aliphatic rings. The van der Waals surface area contributed by atoms with Crippen LogP contribution in [0.3, 0.4) is 0 Å². The first kappa shape index (κ1) is 19.1. The minimum atomic E-state index is -3.64. The molecule has 2 heterocycles. The standard InChI is InChI=1S/C18H27N3O4S/c1-25-16-8-7-15(20-18(22)14-6-5-9-19-13-14)12-17(16)26(23,24)21-10-3-2-4-11-21/h7-8,12,14,19H,2-6,9-11,13H2,1H3,(H,20,22). The molecule has 1 aromatic carbocycles. The molecule has 1 aromatic rings. The van der Waals surface area contributed by atoms with Gasteiger partial charge in [0, 0.05) is 25.3 Å². The maximum absolute atomic E-state index is 13.0. The number of piperidine rings is 2. The zero-order chi connectivity index (χ0) is 18.6. The van der Waals surface area contributed by atoms with Crippen LogP contribution in [-0.2, 0) is 14.8 Å². The third-order valence-electron chi connectivity index (χ3n) is 5.03. The smallest absolute Gasteiger partial charge is 0.246 e. The highest BCUT2D eigenvalue weighted by Gasteiger charge is 2.29. The molecule has 2 aliphatic heterocycles. The summed E-state index contributed by atoms with van der Waals surface area (Å²) < 4.78 is 32.8. The highest BCUT2D eigenvalue weighted by molar-refractivity contribution is 7.89. The monoisotopic (exact) mass is 381 g/mol. The number of hydrogen-bond donors (Lipinski definition) is 2. The Morgan fingerprint density at radius 2 is 2.00 bits per heavy atom. The second-order valence-electron chi connectivity index (χ2n) is 6.86. The number of nitrogens with one attached hydrogen (secondary N) is 2. The SMILES string of the molecule is COc1ccc(NC(=O)C2CCCNC2)cc1S(=O)(=O)N1CCCCC1. The Morgan fingerprint density at radius 1 is 1.23 bits per heavy atom. The van der Waals surface area contributed by atoms with Crippen LogP contribution in [0, 0.1) is 5.92 Å². The zero-order valence-electron chi connectivity index (χ0n) is 15.2. The van der Waals surface area contributed by atoms with E-state index >= 15 is 0 Å². The molecule has 26 heavy (non-hydrogen) atoms. The molecule has 0 spiro atoms. The summed E-state index contributed by atoms with van der Waals surface area (Å²) in [5, 5.41) is 6.08. The maximum atomic E-state index is 13.0. The van der Waals surface area contributed by atoms with Crippen molar-refractivity contribution in [1.82, 2.24) is 9.62 Å². The van der Waals surface area contributed by atoms with E-state index in [1.54, 1.807) is 12.1 Å². The van der Waals surface area contributed by atoms with Gasteiger partial charge in [-0.15, -0.1) is 0 Å². The number of sulfonamides is 1. The van der Waals surface area contributed by atoms with Crippen LogP contribution in [0.15, 0.2) is 23.1 Å². The first-order valence-corrected chi connectivity index (χ1v) is 10.7. The van der Waals surface area contributed by atoms with E-state index in [0.717, 1.165) is 38.6 Å². The molecule has 8 heteroatoms. The van der Waals surface area contributed by atoms with Gasteiger partial charge in [-0.3, -0.25) is 4.79 Å². The number of carbonyl (C=O) groups excluding carboxylic acids is 1. The average molecular weight is 381 g/mol. The topological polar surface area (TPSA) is 87.7 Å². The van der Waals surface area contributed by atoms with E-state index in [1.807, 2.05) is 0 Å². The van der Waals surface area contributed by atoms with Crippen LogP contribution in [0.5, 0.6) is 5.75 Å². The molecule has 0 aromatic heterocycles. The van der Waals surface area contributed by atoms with Crippen LogP contribution in [0.4, 0.5) is 5.69 Å². The third-order valence-corrected chi connectivity index (χ3v) is 6.95. The van der Waals surface area contributed by atoms with Gasteiger partial charge in [-0.25, -0.2) is 8.42 Å². The Balaban J connectivity index is 1.83. The molecule has 2 saturated heterocycles. The van der Waals surface area contributed by atoms with Gasteiger partial charge in [-0.2, -0.15) is 4.31 Å². The average Bonchev–Trinajstić information content (AvgIpc) is 2.69. The van der Waals surface area contributed by atoms with Gasteiger partial charge in [0.25, 0.3) is 0 Å². The van der Waals surface area contributed by atoms with Crippen LogP contribution in [0.25, 0.3) is 0 Å². The summed E-state index contributed by atoms with van der Waals surface area (Å²) in [6.07, 6.45) is 4.59. The van der Waals surface area contributed by atoms with Crippen molar-refractivity contribution in [3.8, 4) is 5.75 Å². The molecule has 2 N–H and O–H groups in total. The summed E-state index contributed by atoms with van der Waals surface area (Å²) in [6.45, 7) is 2.64. The van der Waals surface area contributed by atoms with Crippen LogP contribution < -0.4 is 15.4 Å². The van der Waals surface area contributed by atoms with Crippen molar-refractivity contribution in [2.75, 3.05) is 38.6 Å². The third kappa shape index (κ3) is 4.19. The Morgan fingerprint density at radius 3 is 2.65 bits per heavy atom. The van der Waals surface area contributed by atoms with Crippen molar-refractivity contribution in [3.05, 3.63) is 18.2 Å². The minimum Gasteiger partial charge on any atom is -0.495 e. The van der Waals surface area contributed by atoms with Crippen LogP contribution in [0.1, 0.15) is 32.1 Å². The largest absolute Gasteiger partial charge is 0.495 e. The molecule has 144 valence electrons. The predicted octanol–water partition coefficient (Wildman–Crippen LogP) is 1.81. The van der Waals surface area contributed by atoms with Crippen molar-refractivity contribution in [2.24, 2.45) is 5.92 Å². The summed E-state index contributed by atoms with van der Waals surface area (Å²) in [7, 11) is -2.19. The number of methoxy groups -OCH3 is 1. The lowest BCUT2D eigenvalue weighted by Gasteiger charge is -2.27. The maximum Gasteiger partial charge on any atom is 0.246 e. The van der Waals surface area contributed by atoms with Gasteiger partial charge < -0.3 is 15.4 Å². The number of anilines is 1. The van der Waals surface area contributed by atoms with Gasteiger partial charge >= 0.3 is 0 Å². The molecular formula is C18H27N3O4S. The van der Waals surface area contributed by atoms with E-state index in [4.69, 9.17) is 4.74 Å². The molecule has 1 atom stereocenters. The Bertz CT molecular complexity index is 739. The van der Waals surface area contributed by atoms with Crippen LogP contribution >= 0.6 is 0 Å². The number of amides is 1. The minimum absolute atomic E-state index is 0.0799. The lowest BCUT2D eigenvalue weighted by Crippen LogP contribution is -2.37. The molecule has 1 amide bonds. The van der Waals surface area contributed by atoms with E-state index in [9.17, 15) is 13.2 Å². The van der Waals surface area contributed by atoms with E-state index in [0.29, 0.717) is 31.1 Å². The van der Waals surface area contributed by atoms with E-state index in [2.05, 4.69) is 10.6 Å². The quantitative estimate of drug-likeness (QED) is 0.812. The highest BCUT2D eigenvalue weighted by atomic mass is 32.2. The van der Waals surface area contributed by atoms with Crippen LogP contribution in [0.2, 0.25) is 0 Å². The first-order valence-electron chi connectivity index (χ1n) is 9.22. The van der Waals surface area contributed by atoms with Gasteiger partial charge in [0.15, 0.2) is 0 Å². The number of rotatable bonds is 5. The predicted molar refractivity (Wildman–Crippen MR) is 99.8 cm³/mol. The molecule has 7 nitrogen and oxygen atoms in total. The highest BCUT2D eigenvalue weighted by Crippen LogP contribution is 2.31. The van der Waals surface area contributed by atoms with E-state index in [1.165, 1.54) is 17.5 Å². The Hall–Kier alpha value is -1.64. The van der Waals surface area contributed by atoms with Gasteiger partial charge in [0.05, 0.1) is 13.0 Å². The fourth-order valence-corrected chi connectivity index (χ4v) is 5.22. The van der Waals surface area contributed by atoms with Gasteiger partial charge in [-0.1, -0.05) is 6.42 Å². The van der Waals surface area contributed by atoms with Crippen LogP contribution in [-0.4, -0.2) is 51.9 Å². The summed E-state index contributed by atoms with van der Waals surface area (Å²) in [6, 6.07) is 4.80. The zero-order valence-corrected chi connectivity index (χ0v) is 16.0. The fraction of sp³-hybridized carbons (Fsp3) is 0.611. The lowest BCUT2D eigenvalue weighted by atomic mass is 9.99. The van der Waals surface area contributed by atoms with Crippen molar-refractivity contribution >= 4 is 21.6 Å². The van der Waals surface area contributed by atoms with Crippen molar-refractivity contribution < 1.29 is 17.9 Å². The summed E-state index contributed by atoms with van der Waals surface area (Å²) in [4.78, 5) is 12.6. The number of nitrogens with zero attached hydrogens (tertiary/aromatic N) is 1. The van der Waals surface area contributed by atoms with Crippen molar-refractivity contribution in [3.63, 3.8) is 0 Å². The second-order valence-corrected chi connectivity index (χ2v) is 8.77. The molecule has 0 radical (unpaired) electrons. The summed E-state index contributed by atoms with van der Waals surface area (Å²) in [5.74, 6) is 0.129.